The van der Waals surface area contributed by atoms with E-state index < -0.39 is 0 Å². The fourth-order valence-electron chi connectivity index (χ4n) is 2.21. The Morgan fingerprint density at radius 2 is 1.62 bits per heavy atom. The van der Waals surface area contributed by atoms with E-state index >= 15 is 0 Å². The Morgan fingerprint density at radius 1 is 0.952 bits per heavy atom. The van der Waals surface area contributed by atoms with Gasteiger partial charge in [0.25, 0.3) is 0 Å². The fraction of sp³-hybridized carbons (Fsp3) is 0.0556. The molecule has 2 nitrogen and oxygen atoms in total. The first-order chi connectivity index (χ1) is 10.1. The van der Waals surface area contributed by atoms with Crippen LogP contribution in [-0.2, 0) is 0 Å². The minimum atomic E-state index is -0.321. The molecule has 3 aromatic rings. The van der Waals surface area contributed by atoms with Gasteiger partial charge in [-0.15, -0.1) is 0 Å². The summed E-state index contributed by atoms with van der Waals surface area (Å²) in [4.78, 5) is 11.4. The highest BCUT2D eigenvalue weighted by Gasteiger charge is 2.02. The van der Waals surface area contributed by atoms with Crippen molar-refractivity contribution < 1.29 is 4.42 Å². The number of halogens is 1. The number of aryl methyl sites for hydroxylation is 1. The molecule has 2 aromatic carbocycles. The van der Waals surface area contributed by atoms with E-state index in [1.165, 1.54) is 6.07 Å². The molecule has 0 saturated heterocycles. The fourth-order valence-corrected chi connectivity index (χ4v) is 2.34. The molecule has 0 fully saturated rings. The van der Waals surface area contributed by atoms with Gasteiger partial charge in [-0.2, -0.15) is 0 Å². The molecule has 0 atom stereocenters. The summed E-state index contributed by atoms with van der Waals surface area (Å²) in [5.74, 6) is 0. The Kier molecular flexibility index (Phi) is 3.63. The highest BCUT2D eigenvalue weighted by molar-refractivity contribution is 6.30. The summed E-state index contributed by atoms with van der Waals surface area (Å²) in [6.45, 7) is 1.91. The topological polar surface area (TPSA) is 30.2 Å². The number of hydrogen-bond donors (Lipinski definition) is 0. The molecule has 0 radical (unpaired) electrons. The molecule has 0 aliphatic heterocycles. The van der Waals surface area contributed by atoms with Crippen LogP contribution in [0.2, 0.25) is 5.02 Å². The smallest absolute Gasteiger partial charge is 0.336 e. The zero-order valence-electron chi connectivity index (χ0n) is 11.5. The van der Waals surface area contributed by atoms with Crippen LogP contribution in [0.5, 0.6) is 0 Å². The molecule has 3 heteroatoms. The van der Waals surface area contributed by atoms with E-state index in [1.807, 2.05) is 61.5 Å². The first-order valence-corrected chi connectivity index (χ1v) is 6.98. The predicted octanol–water partition coefficient (Wildman–Crippen LogP) is 4.93. The Hall–Kier alpha value is -2.32. The van der Waals surface area contributed by atoms with Gasteiger partial charge in [0, 0.05) is 16.5 Å². The third-order valence-electron chi connectivity index (χ3n) is 3.31. The van der Waals surface area contributed by atoms with Crippen LogP contribution >= 0.6 is 11.6 Å². The molecule has 0 spiro atoms. The van der Waals surface area contributed by atoms with Gasteiger partial charge in [-0.1, -0.05) is 48.0 Å². The molecule has 0 N–H and O–H groups in total. The van der Waals surface area contributed by atoms with Crippen molar-refractivity contribution >= 4 is 34.7 Å². The SMILES string of the molecule is Cc1cc(=O)oc2cc(/C=C/c3ccc(Cl)cc3)ccc12. The molecule has 3 rings (SSSR count). The largest absolute Gasteiger partial charge is 0.423 e. The van der Waals surface area contributed by atoms with Crippen LogP contribution in [0.4, 0.5) is 0 Å². The zero-order valence-corrected chi connectivity index (χ0v) is 12.2. The summed E-state index contributed by atoms with van der Waals surface area (Å²) in [6, 6.07) is 14.9. The second-order valence-corrected chi connectivity index (χ2v) is 5.33. The molecule has 21 heavy (non-hydrogen) atoms. The molecule has 0 aliphatic rings. The van der Waals surface area contributed by atoms with E-state index in [2.05, 4.69) is 0 Å². The second-order valence-electron chi connectivity index (χ2n) is 4.89. The maximum absolute atomic E-state index is 11.4. The summed E-state index contributed by atoms with van der Waals surface area (Å²) < 4.78 is 5.24. The molecular formula is C18H13ClO2. The van der Waals surface area contributed by atoms with Crippen LogP contribution in [0.25, 0.3) is 23.1 Å². The Balaban J connectivity index is 1.97. The van der Waals surface area contributed by atoms with Crippen molar-refractivity contribution in [3.8, 4) is 0 Å². The summed E-state index contributed by atoms with van der Waals surface area (Å²) in [6.07, 6.45) is 3.97. The van der Waals surface area contributed by atoms with Crippen molar-refractivity contribution in [1.29, 1.82) is 0 Å². The second kappa shape index (κ2) is 5.58. The predicted molar refractivity (Wildman–Crippen MR) is 87.6 cm³/mol. The Morgan fingerprint density at radius 3 is 2.38 bits per heavy atom. The summed E-state index contributed by atoms with van der Waals surface area (Å²) in [5.41, 5.74) is 3.25. The van der Waals surface area contributed by atoms with Crippen LogP contribution in [0, 0.1) is 6.92 Å². The van der Waals surface area contributed by atoms with Crippen LogP contribution in [-0.4, -0.2) is 0 Å². The molecule has 1 heterocycles. The maximum Gasteiger partial charge on any atom is 0.336 e. The van der Waals surface area contributed by atoms with Crippen molar-refractivity contribution in [2.75, 3.05) is 0 Å². The zero-order chi connectivity index (χ0) is 14.8. The number of benzene rings is 2. The maximum atomic E-state index is 11.4. The molecule has 0 bridgehead atoms. The lowest BCUT2D eigenvalue weighted by Gasteiger charge is -2.01. The molecule has 104 valence electrons. The lowest BCUT2D eigenvalue weighted by Crippen LogP contribution is -1.97. The van der Waals surface area contributed by atoms with E-state index in [9.17, 15) is 4.79 Å². The third kappa shape index (κ3) is 3.06. The van der Waals surface area contributed by atoms with Gasteiger partial charge in [-0.05, 0) is 41.8 Å². The average Bonchev–Trinajstić information content (AvgIpc) is 2.46. The van der Waals surface area contributed by atoms with E-state index in [4.69, 9.17) is 16.0 Å². The van der Waals surface area contributed by atoms with E-state index in [-0.39, 0.29) is 5.63 Å². The van der Waals surface area contributed by atoms with Gasteiger partial charge in [-0.3, -0.25) is 0 Å². The standard InChI is InChI=1S/C18H13ClO2/c1-12-10-18(20)21-17-11-14(6-9-16(12)17)3-2-13-4-7-15(19)8-5-13/h2-11H,1H3/b3-2+. The van der Waals surface area contributed by atoms with Crippen LogP contribution in [0.3, 0.4) is 0 Å². The molecule has 0 saturated carbocycles. The van der Waals surface area contributed by atoms with Gasteiger partial charge in [-0.25, -0.2) is 4.79 Å². The van der Waals surface area contributed by atoms with Gasteiger partial charge >= 0.3 is 5.63 Å². The summed E-state index contributed by atoms with van der Waals surface area (Å²) >= 11 is 5.86. The monoisotopic (exact) mass is 296 g/mol. The third-order valence-corrected chi connectivity index (χ3v) is 3.57. The molecular weight excluding hydrogens is 284 g/mol. The van der Waals surface area contributed by atoms with E-state index in [0.29, 0.717) is 5.58 Å². The Bertz CT molecular complexity index is 874. The van der Waals surface area contributed by atoms with E-state index in [0.717, 1.165) is 27.1 Å². The summed E-state index contributed by atoms with van der Waals surface area (Å²) in [7, 11) is 0. The van der Waals surface area contributed by atoms with E-state index in [1.54, 1.807) is 0 Å². The molecule has 1 aromatic heterocycles. The van der Waals surface area contributed by atoms with Crippen LogP contribution in [0.15, 0.2) is 57.7 Å². The minimum Gasteiger partial charge on any atom is -0.423 e. The molecule has 0 aliphatic carbocycles. The number of fused-ring (bicyclic) bond motifs is 1. The van der Waals surface area contributed by atoms with Crippen molar-refractivity contribution in [2.45, 2.75) is 6.92 Å². The first kappa shape index (κ1) is 13.7. The lowest BCUT2D eigenvalue weighted by molar-refractivity contribution is 0.560. The Labute approximate surface area is 127 Å². The molecule has 0 unspecified atom stereocenters. The number of rotatable bonds is 2. The lowest BCUT2D eigenvalue weighted by atomic mass is 10.1. The van der Waals surface area contributed by atoms with Crippen molar-refractivity contribution in [3.63, 3.8) is 0 Å². The van der Waals surface area contributed by atoms with Crippen molar-refractivity contribution in [1.82, 2.24) is 0 Å². The minimum absolute atomic E-state index is 0.321. The molecule has 0 amide bonds. The van der Waals surface area contributed by atoms with Gasteiger partial charge in [0.15, 0.2) is 0 Å². The highest BCUT2D eigenvalue weighted by atomic mass is 35.5. The highest BCUT2D eigenvalue weighted by Crippen LogP contribution is 2.19. The number of hydrogen-bond acceptors (Lipinski definition) is 2. The van der Waals surface area contributed by atoms with Gasteiger partial charge in [0.1, 0.15) is 5.58 Å². The quantitative estimate of drug-likeness (QED) is 0.496. The van der Waals surface area contributed by atoms with Gasteiger partial charge in [0.2, 0.25) is 0 Å². The van der Waals surface area contributed by atoms with Crippen molar-refractivity contribution in [3.05, 3.63) is 80.7 Å². The van der Waals surface area contributed by atoms with Crippen LogP contribution < -0.4 is 5.63 Å². The van der Waals surface area contributed by atoms with Crippen molar-refractivity contribution in [2.24, 2.45) is 0 Å². The van der Waals surface area contributed by atoms with Crippen LogP contribution in [0.1, 0.15) is 16.7 Å². The average molecular weight is 297 g/mol. The van der Waals surface area contributed by atoms with Gasteiger partial charge in [0.05, 0.1) is 0 Å². The van der Waals surface area contributed by atoms with Gasteiger partial charge < -0.3 is 4.42 Å². The summed E-state index contributed by atoms with van der Waals surface area (Å²) in [5, 5.41) is 1.67. The first-order valence-electron chi connectivity index (χ1n) is 6.60. The normalized spacial score (nSPS) is 11.3.